The highest BCUT2D eigenvalue weighted by Gasteiger charge is 2.08. The summed E-state index contributed by atoms with van der Waals surface area (Å²) < 4.78 is 5.35. The van der Waals surface area contributed by atoms with Gasteiger partial charge in [0.05, 0.1) is 13.2 Å². The summed E-state index contributed by atoms with van der Waals surface area (Å²) in [7, 11) is 0. The Labute approximate surface area is 185 Å². The first kappa shape index (κ1) is 22.6. The average Bonchev–Trinajstić information content (AvgIpc) is 2.73. The SMILES string of the molecule is I.NC(=NCCCN1CCOCC1)NCCc1ccc(-c2ccccc2)cc1. The van der Waals surface area contributed by atoms with Gasteiger partial charge in [-0.05, 0) is 29.5 Å². The van der Waals surface area contributed by atoms with Crippen LogP contribution in [0.25, 0.3) is 11.1 Å². The average molecular weight is 494 g/mol. The third-order valence-electron chi connectivity index (χ3n) is 4.80. The van der Waals surface area contributed by atoms with Crippen LogP contribution in [-0.4, -0.2) is 56.8 Å². The van der Waals surface area contributed by atoms with E-state index < -0.39 is 0 Å². The first-order valence-electron chi connectivity index (χ1n) is 9.79. The third kappa shape index (κ3) is 7.77. The molecule has 1 fully saturated rings. The number of hydrogen-bond acceptors (Lipinski definition) is 3. The summed E-state index contributed by atoms with van der Waals surface area (Å²) in [6.45, 7) is 6.37. The van der Waals surface area contributed by atoms with Crippen LogP contribution in [-0.2, 0) is 11.2 Å². The minimum absolute atomic E-state index is 0. The molecule has 2 aromatic rings. The highest BCUT2D eigenvalue weighted by atomic mass is 127. The zero-order valence-electron chi connectivity index (χ0n) is 16.3. The van der Waals surface area contributed by atoms with Gasteiger partial charge < -0.3 is 15.8 Å². The van der Waals surface area contributed by atoms with Gasteiger partial charge in [0.1, 0.15) is 0 Å². The number of guanidine groups is 1. The largest absolute Gasteiger partial charge is 0.379 e. The highest BCUT2D eigenvalue weighted by Crippen LogP contribution is 2.19. The standard InChI is InChI=1S/C22H30N4O.HI/c23-22(24-12-4-14-26-15-17-27-18-16-26)25-13-11-19-7-9-21(10-8-19)20-5-2-1-3-6-20;/h1-3,5-10H,4,11-18H2,(H3,23,24,25);1H. The molecular formula is C22H31IN4O. The second-order valence-electron chi connectivity index (χ2n) is 6.81. The quantitative estimate of drug-likeness (QED) is 0.256. The molecule has 0 spiro atoms. The smallest absolute Gasteiger partial charge is 0.188 e. The van der Waals surface area contributed by atoms with E-state index in [1.165, 1.54) is 16.7 Å². The second kappa shape index (κ2) is 12.7. The van der Waals surface area contributed by atoms with Crippen molar-refractivity contribution in [3.63, 3.8) is 0 Å². The molecular weight excluding hydrogens is 463 g/mol. The molecule has 3 N–H and O–H groups in total. The number of morpholine rings is 1. The van der Waals surface area contributed by atoms with Crippen molar-refractivity contribution in [1.29, 1.82) is 0 Å². The van der Waals surface area contributed by atoms with Crippen LogP contribution in [0.4, 0.5) is 0 Å². The maximum atomic E-state index is 5.96. The Balaban J connectivity index is 0.00000280. The Hall–Kier alpha value is -1.64. The lowest BCUT2D eigenvalue weighted by Crippen LogP contribution is -2.37. The zero-order valence-corrected chi connectivity index (χ0v) is 18.7. The molecule has 28 heavy (non-hydrogen) atoms. The Morgan fingerprint density at radius 1 is 1.00 bits per heavy atom. The molecule has 5 nitrogen and oxygen atoms in total. The van der Waals surface area contributed by atoms with Crippen LogP contribution >= 0.6 is 24.0 Å². The van der Waals surface area contributed by atoms with Crippen LogP contribution in [0, 0.1) is 0 Å². The summed E-state index contributed by atoms with van der Waals surface area (Å²) in [5.74, 6) is 0.540. The molecule has 0 aliphatic carbocycles. The fraction of sp³-hybridized carbons (Fsp3) is 0.409. The number of hydrogen-bond donors (Lipinski definition) is 2. The molecule has 0 bridgehead atoms. The van der Waals surface area contributed by atoms with Gasteiger partial charge >= 0.3 is 0 Å². The molecule has 1 saturated heterocycles. The highest BCUT2D eigenvalue weighted by molar-refractivity contribution is 14.0. The van der Waals surface area contributed by atoms with E-state index in [1.54, 1.807) is 0 Å². The van der Waals surface area contributed by atoms with E-state index >= 15 is 0 Å². The Morgan fingerprint density at radius 3 is 2.39 bits per heavy atom. The van der Waals surface area contributed by atoms with Crippen molar-refractivity contribution in [3.05, 3.63) is 60.2 Å². The molecule has 2 aromatic carbocycles. The first-order valence-corrected chi connectivity index (χ1v) is 9.79. The molecule has 1 heterocycles. The van der Waals surface area contributed by atoms with Gasteiger partial charge in [0, 0.05) is 32.7 Å². The number of rotatable bonds is 8. The molecule has 152 valence electrons. The van der Waals surface area contributed by atoms with Gasteiger partial charge in [-0.1, -0.05) is 54.6 Å². The number of ether oxygens (including phenoxy) is 1. The molecule has 1 aliphatic heterocycles. The molecule has 0 amide bonds. The van der Waals surface area contributed by atoms with Crippen molar-refractivity contribution in [1.82, 2.24) is 10.2 Å². The molecule has 0 unspecified atom stereocenters. The van der Waals surface area contributed by atoms with Crippen LogP contribution in [0.1, 0.15) is 12.0 Å². The van der Waals surface area contributed by atoms with Gasteiger partial charge in [-0.3, -0.25) is 9.89 Å². The van der Waals surface area contributed by atoms with Crippen molar-refractivity contribution in [2.45, 2.75) is 12.8 Å². The van der Waals surface area contributed by atoms with Gasteiger partial charge in [0.25, 0.3) is 0 Å². The lowest BCUT2D eigenvalue weighted by molar-refractivity contribution is 0.0377. The molecule has 6 heteroatoms. The van der Waals surface area contributed by atoms with Crippen molar-refractivity contribution in [2.24, 2.45) is 10.7 Å². The number of halogens is 1. The number of aliphatic imine (C=N–C) groups is 1. The lowest BCUT2D eigenvalue weighted by atomic mass is 10.0. The van der Waals surface area contributed by atoms with Gasteiger partial charge in [-0.15, -0.1) is 24.0 Å². The summed E-state index contributed by atoms with van der Waals surface area (Å²) in [5, 5.41) is 3.21. The number of nitrogens with one attached hydrogen (secondary N) is 1. The number of benzene rings is 2. The number of nitrogens with zero attached hydrogens (tertiary/aromatic N) is 2. The summed E-state index contributed by atoms with van der Waals surface area (Å²) in [6.07, 6.45) is 1.96. The predicted molar refractivity (Wildman–Crippen MR) is 127 cm³/mol. The maximum Gasteiger partial charge on any atom is 0.188 e. The van der Waals surface area contributed by atoms with Crippen molar-refractivity contribution >= 4 is 29.9 Å². The van der Waals surface area contributed by atoms with Gasteiger partial charge in [0.15, 0.2) is 5.96 Å². The van der Waals surface area contributed by atoms with Gasteiger partial charge in [0.2, 0.25) is 0 Å². The number of nitrogens with two attached hydrogens (primary N) is 1. The fourth-order valence-corrected chi connectivity index (χ4v) is 3.20. The Morgan fingerprint density at radius 2 is 1.68 bits per heavy atom. The van der Waals surface area contributed by atoms with Crippen LogP contribution < -0.4 is 11.1 Å². The molecule has 1 aliphatic rings. The summed E-state index contributed by atoms with van der Waals surface area (Å²) >= 11 is 0. The van der Waals surface area contributed by atoms with Crippen LogP contribution in [0.15, 0.2) is 59.6 Å². The summed E-state index contributed by atoms with van der Waals surface area (Å²) in [6, 6.07) is 19.1. The normalized spacial score (nSPS) is 15.1. The minimum Gasteiger partial charge on any atom is -0.379 e. The van der Waals surface area contributed by atoms with Gasteiger partial charge in [-0.25, -0.2) is 0 Å². The Bertz CT molecular complexity index is 700. The van der Waals surface area contributed by atoms with Crippen molar-refractivity contribution < 1.29 is 4.74 Å². The first-order chi connectivity index (χ1) is 13.3. The van der Waals surface area contributed by atoms with Gasteiger partial charge in [-0.2, -0.15) is 0 Å². The van der Waals surface area contributed by atoms with E-state index in [4.69, 9.17) is 10.5 Å². The van der Waals surface area contributed by atoms with Crippen LogP contribution in [0.3, 0.4) is 0 Å². The second-order valence-corrected chi connectivity index (χ2v) is 6.81. The lowest BCUT2D eigenvalue weighted by Gasteiger charge is -2.26. The third-order valence-corrected chi connectivity index (χ3v) is 4.80. The monoisotopic (exact) mass is 494 g/mol. The molecule has 0 atom stereocenters. The van der Waals surface area contributed by atoms with Crippen molar-refractivity contribution in [3.8, 4) is 11.1 Å². The maximum absolute atomic E-state index is 5.96. The summed E-state index contributed by atoms with van der Waals surface area (Å²) in [5.41, 5.74) is 9.75. The van der Waals surface area contributed by atoms with Crippen LogP contribution in [0.5, 0.6) is 0 Å². The fourth-order valence-electron chi connectivity index (χ4n) is 3.20. The van der Waals surface area contributed by atoms with E-state index in [9.17, 15) is 0 Å². The van der Waals surface area contributed by atoms with Crippen molar-refractivity contribution in [2.75, 3.05) is 45.9 Å². The zero-order chi connectivity index (χ0) is 18.7. The molecule has 3 rings (SSSR count). The predicted octanol–water partition coefficient (Wildman–Crippen LogP) is 3.14. The van der Waals surface area contributed by atoms with E-state index in [1.807, 2.05) is 6.07 Å². The minimum atomic E-state index is 0. The topological polar surface area (TPSA) is 62.9 Å². The summed E-state index contributed by atoms with van der Waals surface area (Å²) in [4.78, 5) is 6.84. The molecule has 0 aromatic heterocycles. The van der Waals surface area contributed by atoms with Crippen LogP contribution in [0.2, 0.25) is 0 Å². The van der Waals surface area contributed by atoms with E-state index in [0.717, 1.165) is 58.8 Å². The molecule has 0 saturated carbocycles. The van der Waals surface area contributed by atoms with E-state index in [0.29, 0.717) is 5.96 Å². The van der Waals surface area contributed by atoms with E-state index in [-0.39, 0.29) is 24.0 Å². The van der Waals surface area contributed by atoms with E-state index in [2.05, 4.69) is 63.7 Å². The Kier molecular flexibility index (Phi) is 10.3. The molecule has 0 radical (unpaired) electrons.